The highest BCUT2D eigenvalue weighted by Gasteiger charge is 2.41. The average Bonchev–Trinajstić information content (AvgIpc) is 3.01. The summed E-state index contributed by atoms with van der Waals surface area (Å²) < 4.78 is 0. The molecule has 0 radical (unpaired) electrons. The summed E-state index contributed by atoms with van der Waals surface area (Å²) in [5.74, 6) is 1.02. The number of rotatable bonds is 5. The maximum atomic E-state index is 12.1. The molecule has 20 heavy (non-hydrogen) atoms. The summed E-state index contributed by atoms with van der Waals surface area (Å²) in [5, 5.41) is 3.06. The smallest absolute Gasteiger partial charge is 0.237 e. The van der Waals surface area contributed by atoms with Gasteiger partial charge < -0.3 is 16.0 Å². The van der Waals surface area contributed by atoms with Crippen molar-refractivity contribution >= 4 is 5.91 Å². The van der Waals surface area contributed by atoms with Crippen LogP contribution in [0, 0.1) is 5.92 Å². The Bertz CT molecular complexity index is 439. The monoisotopic (exact) mass is 276 g/mol. The SMILES string of the molecule is N[C@@H](CC1CCCCC1)C(=O)N[C@@H]1C[C@H]1c1c[nH]cn1. The van der Waals surface area contributed by atoms with E-state index in [-0.39, 0.29) is 18.0 Å². The second-order valence-electron chi connectivity index (χ2n) is 6.30. The van der Waals surface area contributed by atoms with Gasteiger partial charge in [0.05, 0.1) is 18.1 Å². The first-order valence-electron chi connectivity index (χ1n) is 7.78. The van der Waals surface area contributed by atoms with Crippen LogP contribution in [-0.2, 0) is 4.79 Å². The summed E-state index contributed by atoms with van der Waals surface area (Å²) in [4.78, 5) is 19.3. The van der Waals surface area contributed by atoms with Gasteiger partial charge in [-0.1, -0.05) is 32.1 Å². The number of hydrogen-bond acceptors (Lipinski definition) is 3. The van der Waals surface area contributed by atoms with Gasteiger partial charge in [0.15, 0.2) is 0 Å². The minimum atomic E-state index is -0.349. The molecule has 2 aliphatic rings. The van der Waals surface area contributed by atoms with Crippen molar-refractivity contribution in [2.45, 2.75) is 62.9 Å². The molecule has 2 fully saturated rings. The van der Waals surface area contributed by atoms with Crippen LogP contribution in [-0.4, -0.2) is 28.0 Å². The Balaban J connectivity index is 1.43. The van der Waals surface area contributed by atoms with E-state index in [1.165, 1.54) is 32.1 Å². The number of nitrogens with two attached hydrogens (primary N) is 1. The molecule has 0 spiro atoms. The first-order chi connectivity index (χ1) is 9.74. The fourth-order valence-electron chi connectivity index (χ4n) is 3.33. The number of amides is 1. The molecule has 2 aliphatic carbocycles. The predicted molar refractivity (Wildman–Crippen MR) is 77.0 cm³/mol. The van der Waals surface area contributed by atoms with Crippen LogP contribution in [0.3, 0.4) is 0 Å². The zero-order valence-electron chi connectivity index (χ0n) is 11.8. The normalized spacial score (nSPS) is 28.1. The predicted octanol–water partition coefficient (Wildman–Crippen LogP) is 1.68. The van der Waals surface area contributed by atoms with Crippen LogP contribution in [0.25, 0.3) is 0 Å². The Morgan fingerprint density at radius 3 is 2.95 bits per heavy atom. The third kappa shape index (κ3) is 3.20. The van der Waals surface area contributed by atoms with Crippen molar-refractivity contribution in [2.24, 2.45) is 11.7 Å². The number of aromatic nitrogens is 2. The van der Waals surface area contributed by atoms with Gasteiger partial charge >= 0.3 is 0 Å². The summed E-state index contributed by atoms with van der Waals surface area (Å²) in [7, 11) is 0. The first kappa shape index (κ1) is 13.6. The number of nitrogens with one attached hydrogen (secondary N) is 2. The van der Waals surface area contributed by atoms with Gasteiger partial charge in [-0.05, 0) is 18.8 Å². The van der Waals surface area contributed by atoms with Gasteiger partial charge in [-0.2, -0.15) is 0 Å². The Morgan fingerprint density at radius 1 is 1.45 bits per heavy atom. The number of carbonyl (C=O) groups excluding carboxylic acids is 1. The molecule has 1 amide bonds. The van der Waals surface area contributed by atoms with E-state index >= 15 is 0 Å². The fourth-order valence-corrected chi connectivity index (χ4v) is 3.33. The molecule has 3 atom stereocenters. The molecule has 0 aliphatic heterocycles. The lowest BCUT2D eigenvalue weighted by molar-refractivity contribution is -0.123. The van der Waals surface area contributed by atoms with Crippen molar-refractivity contribution < 1.29 is 4.79 Å². The third-order valence-electron chi connectivity index (χ3n) is 4.67. The summed E-state index contributed by atoms with van der Waals surface area (Å²) >= 11 is 0. The zero-order valence-corrected chi connectivity index (χ0v) is 11.8. The van der Waals surface area contributed by atoms with Crippen LogP contribution in [0.15, 0.2) is 12.5 Å². The Hall–Kier alpha value is -1.36. The van der Waals surface area contributed by atoms with Gasteiger partial charge in [-0.15, -0.1) is 0 Å². The molecule has 0 bridgehead atoms. The van der Waals surface area contributed by atoms with Crippen molar-refractivity contribution in [3.8, 4) is 0 Å². The molecule has 0 aromatic carbocycles. The van der Waals surface area contributed by atoms with Crippen LogP contribution in [0.2, 0.25) is 0 Å². The maximum Gasteiger partial charge on any atom is 0.237 e. The molecule has 1 aromatic rings. The Morgan fingerprint density at radius 2 is 2.25 bits per heavy atom. The number of H-pyrrole nitrogens is 1. The van der Waals surface area contributed by atoms with Crippen LogP contribution >= 0.6 is 0 Å². The summed E-state index contributed by atoms with van der Waals surface area (Å²) in [5.41, 5.74) is 7.09. The quantitative estimate of drug-likeness (QED) is 0.765. The largest absolute Gasteiger partial charge is 0.351 e. The molecule has 110 valence electrons. The minimum Gasteiger partial charge on any atom is -0.351 e. The number of aromatic amines is 1. The van der Waals surface area contributed by atoms with Gasteiger partial charge in [0, 0.05) is 18.2 Å². The molecule has 1 aromatic heterocycles. The van der Waals surface area contributed by atoms with E-state index in [9.17, 15) is 4.79 Å². The van der Waals surface area contributed by atoms with Crippen molar-refractivity contribution in [1.29, 1.82) is 0 Å². The summed E-state index contributed by atoms with van der Waals surface area (Å²) in [6.45, 7) is 0. The molecule has 0 saturated heterocycles. The van der Waals surface area contributed by atoms with Crippen LogP contribution in [0.5, 0.6) is 0 Å². The highest BCUT2D eigenvalue weighted by Crippen LogP contribution is 2.39. The standard InChI is InChI=1S/C15H24N4O/c16-12(6-10-4-2-1-3-5-10)15(20)19-13-7-11(13)14-8-17-9-18-14/h8-13H,1-7,16H2,(H,17,18)(H,19,20)/t11-,12+,13-/m1/s1. The fraction of sp³-hybridized carbons (Fsp3) is 0.733. The van der Waals surface area contributed by atoms with Crippen molar-refractivity contribution in [3.05, 3.63) is 18.2 Å². The van der Waals surface area contributed by atoms with Crippen molar-refractivity contribution in [1.82, 2.24) is 15.3 Å². The summed E-state index contributed by atoms with van der Waals surface area (Å²) in [6, 6.07) is -0.123. The van der Waals surface area contributed by atoms with Gasteiger partial charge in [-0.25, -0.2) is 4.98 Å². The first-order valence-corrected chi connectivity index (χ1v) is 7.78. The lowest BCUT2D eigenvalue weighted by Crippen LogP contribution is -2.43. The molecule has 0 unspecified atom stereocenters. The van der Waals surface area contributed by atoms with Crippen LogP contribution in [0.1, 0.15) is 56.6 Å². The average molecular weight is 276 g/mol. The van der Waals surface area contributed by atoms with E-state index in [1.807, 2.05) is 6.20 Å². The third-order valence-corrected chi connectivity index (χ3v) is 4.67. The molecule has 5 heteroatoms. The number of nitrogens with zero attached hydrogens (tertiary/aromatic N) is 1. The lowest BCUT2D eigenvalue weighted by Gasteiger charge is -2.24. The molecule has 4 N–H and O–H groups in total. The molecule has 1 heterocycles. The van der Waals surface area contributed by atoms with E-state index < -0.39 is 0 Å². The highest BCUT2D eigenvalue weighted by molar-refractivity contribution is 5.82. The topological polar surface area (TPSA) is 83.8 Å². The molecular weight excluding hydrogens is 252 g/mol. The molecular formula is C15H24N4O. The maximum absolute atomic E-state index is 12.1. The van der Waals surface area contributed by atoms with Crippen molar-refractivity contribution in [3.63, 3.8) is 0 Å². The number of hydrogen-bond donors (Lipinski definition) is 3. The van der Waals surface area contributed by atoms with Gasteiger partial charge in [0.2, 0.25) is 5.91 Å². The van der Waals surface area contributed by atoms with E-state index in [0.29, 0.717) is 11.8 Å². The second-order valence-corrected chi connectivity index (χ2v) is 6.30. The molecule has 2 saturated carbocycles. The molecule has 3 rings (SSSR count). The van der Waals surface area contributed by atoms with Crippen LogP contribution < -0.4 is 11.1 Å². The van der Waals surface area contributed by atoms with Gasteiger partial charge in [0.1, 0.15) is 0 Å². The van der Waals surface area contributed by atoms with Gasteiger partial charge in [0.25, 0.3) is 0 Å². The Labute approximate surface area is 119 Å². The minimum absolute atomic E-state index is 0.0126. The van der Waals surface area contributed by atoms with E-state index in [0.717, 1.165) is 18.5 Å². The second kappa shape index (κ2) is 5.95. The van der Waals surface area contributed by atoms with Gasteiger partial charge in [-0.3, -0.25) is 4.79 Å². The highest BCUT2D eigenvalue weighted by atomic mass is 16.2. The van der Waals surface area contributed by atoms with E-state index in [1.54, 1.807) is 6.33 Å². The lowest BCUT2D eigenvalue weighted by atomic mass is 9.85. The molecule has 5 nitrogen and oxygen atoms in total. The number of imidazole rings is 1. The number of carbonyl (C=O) groups is 1. The van der Waals surface area contributed by atoms with E-state index in [2.05, 4.69) is 15.3 Å². The Kier molecular flexibility index (Phi) is 4.05. The summed E-state index contributed by atoms with van der Waals surface area (Å²) in [6.07, 6.45) is 11.8. The van der Waals surface area contributed by atoms with E-state index in [4.69, 9.17) is 5.73 Å². The zero-order chi connectivity index (χ0) is 13.9. The van der Waals surface area contributed by atoms with Crippen molar-refractivity contribution in [2.75, 3.05) is 0 Å². The van der Waals surface area contributed by atoms with Crippen LogP contribution in [0.4, 0.5) is 0 Å².